The maximum absolute atomic E-state index is 12.4. The SMILES string of the molecule is CNc1cc(S(=O)(=O)NC(C2CC2)C2CC2)ccn1. The number of aromatic nitrogens is 1. The molecule has 1 aromatic rings. The van der Waals surface area contributed by atoms with Gasteiger partial charge in [-0.1, -0.05) is 0 Å². The van der Waals surface area contributed by atoms with Gasteiger partial charge in [-0.05, 0) is 43.6 Å². The molecule has 1 heterocycles. The molecule has 0 aromatic carbocycles. The van der Waals surface area contributed by atoms with Crippen molar-refractivity contribution < 1.29 is 8.42 Å². The van der Waals surface area contributed by atoms with E-state index in [9.17, 15) is 8.42 Å². The molecule has 0 unspecified atom stereocenters. The fraction of sp³-hybridized carbons (Fsp3) is 0.615. The van der Waals surface area contributed by atoms with Crippen LogP contribution in [0.2, 0.25) is 0 Å². The zero-order valence-corrected chi connectivity index (χ0v) is 11.8. The van der Waals surface area contributed by atoms with Crippen molar-refractivity contribution in [3.8, 4) is 0 Å². The number of sulfonamides is 1. The zero-order chi connectivity index (χ0) is 13.5. The van der Waals surface area contributed by atoms with Crippen molar-refractivity contribution in [2.45, 2.75) is 36.6 Å². The minimum Gasteiger partial charge on any atom is -0.373 e. The third-order valence-electron chi connectivity index (χ3n) is 3.85. The first kappa shape index (κ1) is 12.9. The van der Waals surface area contributed by atoms with Crippen LogP contribution in [0.25, 0.3) is 0 Å². The second-order valence-corrected chi connectivity index (χ2v) is 7.16. The molecule has 2 aliphatic rings. The maximum atomic E-state index is 12.4. The number of hydrogen-bond donors (Lipinski definition) is 2. The summed E-state index contributed by atoms with van der Waals surface area (Å²) in [5.41, 5.74) is 0. The zero-order valence-electron chi connectivity index (χ0n) is 11.0. The van der Waals surface area contributed by atoms with Crippen LogP contribution in [-0.4, -0.2) is 26.5 Å². The molecule has 0 bridgehead atoms. The lowest BCUT2D eigenvalue weighted by atomic mass is 10.1. The highest BCUT2D eigenvalue weighted by atomic mass is 32.2. The minimum atomic E-state index is -3.43. The molecule has 0 spiro atoms. The second kappa shape index (κ2) is 4.76. The molecule has 2 N–H and O–H groups in total. The molecule has 1 aromatic heterocycles. The van der Waals surface area contributed by atoms with Crippen LogP contribution in [0.3, 0.4) is 0 Å². The normalized spacial score (nSPS) is 19.7. The predicted molar refractivity (Wildman–Crippen MR) is 73.3 cm³/mol. The molecule has 2 aliphatic carbocycles. The Labute approximate surface area is 113 Å². The second-order valence-electron chi connectivity index (χ2n) is 5.45. The quantitative estimate of drug-likeness (QED) is 0.830. The summed E-state index contributed by atoms with van der Waals surface area (Å²) in [6.07, 6.45) is 6.14. The van der Waals surface area contributed by atoms with Gasteiger partial charge in [-0.15, -0.1) is 0 Å². The monoisotopic (exact) mass is 281 g/mol. The number of pyridine rings is 1. The van der Waals surface area contributed by atoms with E-state index in [1.165, 1.54) is 6.20 Å². The molecule has 0 radical (unpaired) electrons. The van der Waals surface area contributed by atoms with E-state index in [0.717, 1.165) is 25.7 Å². The molecular formula is C13H19N3O2S. The molecule has 0 amide bonds. The summed E-state index contributed by atoms with van der Waals surface area (Å²) in [6, 6.07) is 3.25. The van der Waals surface area contributed by atoms with Crippen LogP contribution < -0.4 is 10.0 Å². The van der Waals surface area contributed by atoms with E-state index in [0.29, 0.717) is 17.7 Å². The number of hydrogen-bond acceptors (Lipinski definition) is 4. The highest BCUT2D eigenvalue weighted by Crippen LogP contribution is 2.45. The van der Waals surface area contributed by atoms with Crippen LogP contribution in [0.15, 0.2) is 23.2 Å². The lowest BCUT2D eigenvalue weighted by molar-refractivity contribution is 0.471. The van der Waals surface area contributed by atoms with Crippen molar-refractivity contribution in [2.75, 3.05) is 12.4 Å². The summed E-state index contributed by atoms with van der Waals surface area (Å²) in [5, 5.41) is 2.86. The highest BCUT2D eigenvalue weighted by Gasteiger charge is 2.43. The first-order valence-electron chi connectivity index (χ1n) is 6.76. The summed E-state index contributed by atoms with van der Waals surface area (Å²) in [6.45, 7) is 0. The smallest absolute Gasteiger partial charge is 0.241 e. The first-order chi connectivity index (χ1) is 9.10. The van der Waals surface area contributed by atoms with E-state index in [1.807, 2.05) is 0 Å². The molecule has 3 rings (SSSR count). The van der Waals surface area contributed by atoms with Gasteiger partial charge < -0.3 is 5.32 Å². The first-order valence-corrected chi connectivity index (χ1v) is 8.24. The molecule has 0 atom stereocenters. The van der Waals surface area contributed by atoms with Gasteiger partial charge in [0.2, 0.25) is 10.0 Å². The summed E-state index contributed by atoms with van der Waals surface area (Å²) in [5.74, 6) is 1.66. The van der Waals surface area contributed by atoms with Crippen molar-refractivity contribution in [3.63, 3.8) is 0 Å². The van der Waals surface area contributed by atoms with Gasteiger partial charge in [-0.3, -0.25) is 0 Å². The molecular weight excluding hydrogens is 262 g/mol. The van der Waals surface area contributed by atoms with Gasteiger partial charge >= 0.3 is 0 Å². The van der Waals surface area contributed by atoms with E-state index in [-0.39, 0.29) is 10.9 Å². The summed E-state index contributed by atoms with van der Waals surface area (Å²) in [7, 11) is -1.71. The molecule has 104 valence electrons. The van der Waals surface area contributed by atoms with Crippen molar-refractivity contribution in [3.05, 3.63) is 18.3 Å². The van der Waals surface area contributed by atoms with Gasteiger partial charge in [0.05, 0.1) is 4.90 Å². The molecule has 0 saturated heterocycles. The molecule has 6 heteroatoms. The lowest BCUT2D eigenvalue weighted by Gasteiger charge is -2.17. The predicted octanol–water partition coefficient (Wildman–Crippen LogP) is 1.59. The van der Waals surface area contributed by atoms with Gasteiger partial charge in [0.25, 0.3) is 0 Å². The average Bonchev–Trinajstić information content (AvgIpc) is 3.29. The van der Waals surface area contributed by atoms with Crippen LogP contribution in [-0.2, 0) is 10.0 Å². The standard InChI is InChI=1S/C13H19N3O2S/c1-14-12-8-11(6-7-15-12)19(17,18)16-13(9-2-3-9)10-4-5-10/h6-10,13,16H,2-5H2,1H3,(H,14,15). The summed E-state index contributed by atoms with van der Waals surface area (Å²) >= 11 is 0. The van der Waals surface area contributed by atoms with E-state index < -0.39 is 10.0 Å². The van der Waals surface area contributed by atoms with Gasteiger partial charge in [-0.2, -0.15) is 0 Å². The largest absolute Gasteiger partial charge is 0.373 e. The minimum absolute atomic E-state index is 0.135. The fourth-order valence-electron chi connectivity index (χ4n) is 2.45. The fourth-order valence-corrected chi connectivity index (χ4v) is 3.84. The van der Waals surface area contributed by atoms with Gasteiger partial charge in [0.15, 0.2) is 0 Å². The average molecular weight is 281 g/mol. The Kier molecular flexibility index (Phi) is 3.22. The third-order valence-corrected chi connectivity index (χ3v) is 5.31. The maximum Gasteiger partial charge on any atom is 0.241 e. The van der Waals surface area contributed by atoms with E-state index >= 15 is 0 Å². The Balaban J connectivity index is 1.80. The topological polar surface area (TPSA) is 71.1 Å². The van der Waals surface area contributed by atoms with Crippen LogP contribution in [0, 0.1) is 11.8 Å². The Morgan fingerprint density at radius 3 is 2.42 bits per heavy atom. The van der Waals surface area contributed by atoms with E-state index in [2.05, 4.69) is 15.0 Å². The third kappa shape index (κ3) is 2.90. The lowest BCUT2D eigenvalue weighted by Crippen LogP contribution is -2.38. The number of anilines is 1. The van der Waals surface area contributed by atoms with Crippen molar-refractivity contribution >= 4 is 15.8 Å². The molecule has 2 saturated carbocycles. The Bertz CT molecular complexity index is 553. The van der Waals surface area contributed by atoms with E-state index in [1.54, 1.807) is 19.2 Å². The Morgan fingerprint density at radius 2 is 1.89 bits per heavy atom. The Morgan fingerprint density at radius 1 is 1.26 bits per heavy atom. The number of nitrogens with zero attached hydrogens (tertiary/aromatic N) is 1. The van der Waals surface area contributed by atoms with Crippen molar-refractivity contribution in [1.82, 2.24) is 9.71 Å². The van der Waals surface area contributed by atoms with E-state index in [4.69, 9.17) is 0 Å². The molecule has 2 fully saturated rings. The van der Waals surface area contributed by atoms with Crippen molar-refractivity contribution in [1.29, 1.82) is 0 Å². The van der Waals surface area contributed by atoms with Crippen LogP contribution in [0.1, 0.15) is 25.7 Å². The molecule has 0 aliphatic heterocycles. The van der Waals surface area contributed by atoms with Crippen molar-refractivity contribution in [2.24, 2.45) is 11.8 Å². The van der Waals surface area contributed by atoms with Crippen LogP contribution >= 0.6 is 0 Å². The highest BCUT2D eigenvalue weighted by molar-refractivity contribution is 7.89. The van der Waals surface area contributed by atoms with Gasteiger partial charge in [-0.25, -0.2) is 18.1 Å². The van der Waals surface area contributed by atoms with Gasteiger partial charge in [0.1, 0.15) is 5.82 Å². The molecule has 5 nitrogen and oxygen atoms in total. The summed E-state index contributed by atoms with van der Waals surface area (Å²) < 4.78 is 27.7. The van der Waals surface area contributed by atoms with Gasteiger partial charge in [0, 0.05) is 25.4 Å². The number of rotatable bonds is 6. The Hall–Kier alpha value is -1.14. The molecule has 19 heavy (non-hydrogen) atoms. The summed E-state index contributed by atoms with van der Waals surface area (Å²) in [4.78, 5) is 4.33. The van der Waals surface area contributed by atoms with Crippen LogP contribution in [0.5, 0.6) is 0 Å². The number of nitrogens with one attached hydrogen (secondary N) is 2. The van der Waals surface area contributed by atoms with Crippen LogP contribution in [0.4, 0.5) is 5.82 Å².